The molecule has 3 aromatic rings. The third kappa shape index (κ3) is 2.39. The van der Waals surface area contributed by atoms with Gasteiger partial charge in [-0.2, -0.15) is 0 Å². The molecule has 1 aromatic carbocycles. The summed E-state index contributed by atoms with van der Waals surface area (Å²) in [5.41, 5.74) is 3.96. The molecule has 0 aliphatic carbocycles. The minimum absolute atomic E-state index is 0.804. The first-order chi connectivity index (χ1) is 9.79. The van der Waals surface area contributed by atoms with Crippen LogP contribution in [0.25, 0.3) is 22.4 Å². The number of pyridine rings is 1. The Morgan fingerprint density at radius 2 is 1.90 bits per heavy atom. The minimum atomic E-state index is 0.804. The van der Waals surface area contributed by atoms with Gasteiger partial charge in [0.2, 0.25) is 0 Å². The lowest BCUT2D eigenvalue weighted by molar-refractivity contribution is 0.389. The molecule has 0 amide bonds. The second-order valence-electron chi connectivity index (χ2n) is 4.43. The molecule has 100 valence electrons. The molecule has 20 heavy (non-hydrogen) atoms. The van der Waals surface area contributed by atoms with Gasteiger partial charge in [-0.15, -0.1) is 0 Å². The standard InChI is InChI=1S/C16H13BrN2O/c1-2-14-15(11-5-7-13(17)8-6-11)16(19-20-14)12-4-3-9-18-10-12/h3-10H,2H2,1H3. The van der Waals surface area contributed by atoms with Crippen LogP contribution in [0.5, 0.6) is 0 Å². The monoisotopic (exact) mass is 328 g/mol. The molecule has 3 rings (SSSR count). The Kier molecular flexibility index (Phi) is 3.65. The number of aromatic nitrogens is 2. The maximum Gasteiger partial charge on any atom is 0.144 e. The fraction of sp³-hybridized carbons (Fsp3) is 0.125. The van der Waals surface area contributed by atoms with E-state index < -0.39 is 0 Å². The van der Waals surface area contributed by atoms with Gasteiger partial charge < -0.3 is 4.52 Å². The van der Waals surface area contributed by atoms with E-state index in [4.69, 9.17) is 4.52 Å². The van der Waals surface area contributed by atoms with Crippen LogP contribution in [0, 0.1) is 0 Å². The van der Waals surface area contributed by atoms with E-state index in [1.54, 1.807) is 12.4 Å². The highest BCUT2D eigenvalue weighted by atomic mass is 79.9. The molecule has 0 radical (unpaired) electrons. The van der Waals surface area contributed by atoms with E-state index in [-0.39, 0.29) is 0 Å². The lowest BCUT2D eigenvalue weighted by atomic mass is 9.99. The topological polar surface area (TPSA) is 38.9 Å². The Balaban J connectivity index is 2.18. The number of halogens is 1. The van der Waals surface area contributed by atoms with E-state index in [1.807, 2.05) is 24.3 Å². The predicted molar refractivity (Wildman–Crippen MR) is 82.2 cm³/mol. The Bertz CT molecular complexity index is 705. The van der Waals surface area contributed by atoms with Crippen LogP contribution in [0.1, 0.15) is 12.7 Å². The van der Waals surface area contributed by atoms with Gasteiger partial charge in [-0.3, -0.25) is 4.98 Å². The maximum absolute atomic E-state index is 5.49. The molecule has 0 aliphatic rings. The van der Waals surface area contributed by atoms with Crippen LogP contribution < -0.4 is 0 Å². The highest BCUT2D eigenvalue weighted by Gasteiger charge is 2.18. The quantitative estimate of drug-likeness (QED) is 0.697. The number of rotatable bonds is 3. The normalized spacial score (nSPS) is 10.7. The maximum atomic E-state index is 5.49. The van der Waals surface area contributed by atoms with E-state index in [2.05, 4.69) is 45.1 Å². The number of hydrogen-bond donors (Lipinski definition) is 0. The molecule has 0 atom stereocenters. The molecule has 0 aliphatic heterocycles. The van der Waals surface area contributed by atoms with Crippen molar-refractivity contribution >= 4 is 15.9 Å². The van der Waals surface area contributed by atoms with Crippen LogP contribution in [-0.2, 0) is 6.42 Å². The Labute approximate surface area is 125 Å². The van der Waals surface area contributed by atoms with Crippen LogP contribution in [0.3, 0.4) is 0 Å². The van der Waals surface area contributed by atoms with Gasteiger partial charge in [-0.05, 0) is 29.8 Å². The highest BCUT2D eigenvalue weighted by molar-refractivity contribution is 9.10. The summed E-state index contributed by atoms with van der Waals surface area (Å²) in [5, 5.41) is 4.23. The van der Waals surface area contributed by atoms with Gasteiger partial charge in [0, 0.05) is 28.9 Å². The van der Waals surface area contributed by atoms with Crippen molar-refractivity contribution < 1.29 is 4.52 Å². The highest BCUT2D eigenvalue weighted by Crippen LogP contribution is 2.35. The lowest BCUT2D eigenvalue weighted by Crippen LogP contribution is -1.86. The summed E-state index contributed by atoms with van der Waals surface area (Å²) in [7, 11) is 0. The Morgan fingerprint density at radius 1 is 1.10 bits per heavy atom. The Morgan fingerprint density at radius 3 is 2.55 bits per heavy atom. The van der Waals surface area contributed by atoms with Gasteiger partial charge in [0.15, 0.2) is 0 Å². The van der Waals surface area contributed by atoms with Crippen molar-refractivity contribution in [2.24, 2.45) is 0 Å². The van der Waals surface area contributed by atoms with Gasteiger partial charge in [-0.1, -0.05) is 40.1 Å². The predicted octanol–water partition coefficient (Wildman–Crippen LogP) is 4.73. The van der Waals surface area contributed by atoms with Crippen molar-refractivity contribution in [3.05, 3.63) is 59.0 Å². The molecule has 0 saturated carbocycles. The second kappa shape index (κ2) is 5.59. The molecule has 2 heterocycles. The fourth-order valence-corrected chi connectivity index (χ4v) is 2.44. The number of aryl methyl sites for hydroxylation is 1. The van der Waals surface area contributed by atoms with Gasteiger partial charge in [0.05, 0.1) is 5.56 Å². The summed E-state index contributed by atoms with van der Waals surface area (Å²) < 4.78 is 6.55. The van der Waals surface area contributed by atoms with Gasteiger partial charge in [-0.25, -0.2) is 0 Å². The molecule has 0 spiro atoms. The first-order valence-electron chi connectivity index (χ1n) is 6.44. The zero-order valence-corrected chi connectivity index (χ0v) is 12.6. The van der Waals surface area contributed by atoms with Crippen LogP contribution in [-0.4, -0.2) is 10.1 Å². The van der Waals surface area contributed by atoms with Crippen molar-refractivity contribution in [3.63, 3.8) is 0 Å². The zero-order valence-electron chi connectivity index (χ0n) is 11.0. The first-order valence-corrected chi connectivity index (χ1v) is 7.23. The van der Waals surface area contributed by atoms with Gasteiger partial charge in [0.1, 0.15) is 11.5 Å². The minimum Gasteiger partial charge on any atom is -0.360 e. The zero-order chi connectivity index (χ0) is 13.9. The molecule has 0 N–H and O–H groups in total. The SMILES string of the molecule is CCc1onc(-c2cccnc2)c1-c1ccc(Br)cc1. The summed E-state index contributed by atoms with van der Waals surface area (Å²) in [6, 6.07) is 12.1. The fourth-order valence-electron chi connectivity index (χ4n) is 2.18. The van der Waals surface area contributed by atoms with Crippen LogP contribution in [0.2, 0.25) is 0 Å². The summed E-state index contributed by atoms with van der Waals surface area (Å²) in [4.78, 5) is 4.16. The van der Waals surface area contributed by atoms with E-state index in [9.17, 15) is 0 Å². The van der Waals surface area contributed by atoms with E-state index in [1.165, 1.54) is 0 Å². The van der Waals surface area contributed by atoms with Gasteiger partial charge in [0.25, 0.3) is 0 Å². The van der Waals surface area contributed by atoms with Crippen LogP contribution in [0.15, 0.2) is 57.8 Å². The van der Waals surface area contributed by atoms with Crippen LogP contribution >= 0.6 is 15.9 Å². The summed E-state index contributed by atoms with van der Waals surface area (Å²) >= 11 is 3.46. The molecule has 4 heteroatoms. The van der Waals surface area contributed by atoms with Crippen molar-refractivity contribution in [2.75, 3.05) is 0 Å². The summed E-state index contributed by atoms with van der Waals surface area (Å²) in [5.74, 6) is 0.895. The van der Waals surface area contributed by atoms with E-state index >= 15 is 0 Å². The number of nitrogens with zero attached hydrogens (tertiary/aromatic N) is 2. The van der Waals surface area contributed by atoms with Gasteiger partial charge >= 0.3 is 0 Å². The van der Waals surface area contributed by atoms with Crippen molar-refractivity contribution in [3.8, 4) is 22.4 Å². The van der Waals surface area contributed by atoms with Crippen molar-refractivity contribution in [1.82, 2.24) is 10.1 Å². The van der Waals surface area contributed by atoms with E-state index in [0.29, 0.717) is 0 Å². The smallest absolute Gasteiger partial charge is 0.144 e. The third-order valence-electron chi connectivity index (χ3n) is 3.15. The Hall–Kier alpha value is -1.94. The molecule has 0 bridgehead atoms. The van der Waals surface area contributed by atoms with Crippen molar-refractivity contribution in [1.29, 1.82) is 0 Å². The first kappa shape index (κ1) is 13.1. The number of benzene rings is 1. The summed E-state index contributed by atoms with van der Waals surface area (Å²) in [6.45, 7) is 2.07. The average molecular weight is 329 g/mol. The number of hydrogen-bond acceptors (Lipinski definition) is 3. The third-order valence-corrected chi connectivity index (χ3v) is 3.68. The molecule has 2 aromatic heterocycles. The summed E-state index contributed by atoms with van der Waals surface area (Å²) in [6.07, 6.45) is 4.36. The van der Waals surface area contributed by atoms with Crippen molar-refractivity contribution in [2.45, 2.75) is 13.3 Å². The average Bonchev–Trinajstić information content (AvgIpc) is 2.93. The lowest BCUT2D eigenvalue weighted by Gasteiger charge is -2.04. The molecule has 0 fully saturated rings. The molecule has 0 saturated heterocycles. The van der Waals surface area contributed by atoms with Crippen LogP contribution in [0.4, 0.5) is 0 Å². The molecular formula is C16H13BrN2O. The van der Waals surface area contributed by atoms with E-state index in [0.717, 1.165) is 39.0 Å². The second-order valence-corrected chi connectivity index (χ2v) is 5.35. The molecule has 0 unspecified atom stereocenters. The largest absolute Gasteiger partial charge is 0.360 e. The molecular weight excluding hydrogens is 316 g/mol. The molecule has 3 nitrogen and oxygen atoms in total.